The van der Waals surface area contributed by atoms with Gasteiger partial charge in [-0.1, -0.05) is 18.2 Å². The Hall–Kier alpha value is -4.66. The Morgan fingerprint density at radius 3 is 2.08 bits per heavy atom. The fourth-order valence-corrected chi connectivity index (χ4v) is 4.52. The lowest BCUT2D eigenvalue weighted by molar-refractivity contribution is -0.140. The number of Topliss-reactive ketones (excluding diaryl/α,β-unsaturated/α-hetero) is 1. The van der Waals surface area contributed by atoms with E-state index < -0.39 is 17.7 Å². The smallest absolute Gasteiger partial charge is 0.295 e. The van der Waals surface area contributed by atoms with Gasteiger partial charge >= 0.3 is 0 Å². The summed E-state index contributed by atoms with van der Waals surface area (Å²) in [7, 11) is 7.52. The third-order valence-electron chi connectivity index (χ3n) is 6.41. The van der Waals surface area contributed by atoms with Crippen LogP contribution in [0.25, 0.3) is 5.76 Å². The molecule has 4 rings (SSSR count). The number of likely N-dealkylation sites (tertiary alicyclic amines) is 1. The molecule has 1 unspecified atom stereocenters. The highest BCUT2D eigenvalue weighted by Crippen LogP contribution is 2.43. The van der Waals surface area contributed by atoms with Crippen molar-refractivity contribution in [1.82, 2.24) is 4.90 Å². The standard InChI is InChI=1S/C29H29NO8/c1-34-19-8-6-7-18(14-19)26-25(27(31)21-15-20(35-2)10-12-22(21)36-3)28(32)29(33)30(26)16-17-9-11-23(37-4)24(13-17)38-5/h6-15,26,31H,16H2,1-5H3/b27-25+. The van der Waals surface area contributed by atoms with Crippen LogP contribution in [-0.2, 0) is 16.1 Å². The fourth-order valence-electron chi connectivity index (χ4n) is 4.52. The van der Waals surface area contributed by atoms with Crippen LogP contribution in [0.3, 0.4) is 0 Å². The van der Waals surface area contributed by atoms with E-state index in [2.05, 4.69) is 0 Å². The summed E-state index contributed by atoms with van der Waals surface area (Å²) in [6, 6.07) is 16.2. The van der Waals surface area contributed by atoms with Gasteiger partial charge in [0.1, 0.15) is 23.0 Å². The van der Waals surface area contributed by atoms with Gasteiger partial charge in [0, 0.05) is 6.54 Å². The van der Waals surface area contributed by atoms with Crippen molar-refractivity contribution in [1.29, 1.82) is 0 Å². The maximum Gasteiger partial charge on any atom is 0.295 e. The molecule has 1 saturated heterocycles. The van der Waals surface area contributed by atoms with Crippen LogP contribution in [0.4, 0.5) is 0 Å². The Balaban J connectivity index is 1.90. The second kappa shape index (κ2) is 11.2. The van der Waals surface area contributed by atoms with Crippen molar-refractivity contribution in [2.24, 2.45) is 0 Å². The first-order valence-electron chi connectivity index (χ1n) is 11.7. The average Bonchev–Trinajstić information content (AvgIpc) is 3.21. The van der Waals surface area contributed by atoms with Crippen molar-refractivity contribution in [3.05, 3.63) is 82.9 Å². The summed E-state index contributed by atoms with van der Waals surface area (Å²) in [4.78, 5) is 28.3. The summed E-state index contributed by atoms with van der Waals surface area (Å²) < 4.78 is 26.9. The first-order chi connectivity index (χ1) is 18.4. The van der Waals surface area contributed by atoms with Crippen LogP contribution in [-0.4, -0.2) is 57.2 Å². The lowest BCUT2D eigenvalue weighted by Crippen LogP contribution is -2.29. The number of aliphatic hydroxyl groups excluding tert-OH is 1. The zero-order valence-electron chi connectivity index (χ0n) is 21.8. The van der Waals surface area contributed by atoms with Crippen molar-refractivity contribution in [2.75, 3.05) is 35.5 Å². The SMILES string of the molecule is COc1cccc(C2/C(=C(\O)c3cc(OC)ccc3OC)C(=O)C(=O)N2Cc2ccc(OC)c(OC)c2)c1. The molecule has 198 valence electrons. The van der Waals surface area contributed by atoms with Gasteiger partial charge in [-0.25, -0.2) is 0 Å². The van der Waals surface area contributed by atoms with Crippen molar-refractivity contribution in [3.63, 3.8) is 0 Å². The molecule has 1 aliphatic rings. The first kappa shape index (κ1) is 26.4. The summed E-state index contributed by atoms with van der Waals surface area (Å²) >= 11 is 0. The third kappa shape index (κ3) is 4.82. The molecular weight excluding hydrogens is 490 g/mol. The van der Waals surface area contributed by atoms with E-state index in [1.165, 1.54) is 40.4 Å². The molecule has 1 amide bonds. The molecule has 3 aromatic rings. The van der Waals surface area contributed by atoms with E-state index in [0.29, 0.717) is 39.9 Å². The lowest BCUT2D eigenvalue weighted by Gasteiger charge is -2.26. The van der Waals surface area contributed by atoms with Crippen LogP contribution >= 0.6 is 0 Å². The van der Waals surface area contributed by atoms with Crippen LogP contribution in [0.5, 0.6) is 28.7 Å². The Labute approximate surface area is 220 Å². The Morgan fingerprint density at radius 2 is 1.42 bits per heavy atom. The molecule has 38 heavy (non-hydrogen) atoms. The van der Waals surface area contributed by atoms with E-state index in [-0.39, 0.29) is 23.4 Å². The summed E-state index contributed by atoms with van der Waals surface area (Å²) in [5.41, 5.74) is 1.45. The van der Waals surface area contributed by atoms with E-state index in [1.54, 1.807) is 60.7 Å². The molecule has 1 heterocycles. The van der Waals surface area contributed by atoms with Gasteiger partial charge in [0.15, 0.2) is 11.5 Å². The van der Waals surface area contributed by atoms with E-state index in [0.717, 1.165) is 0 Å². The van der Waals surface area contributed by atoms with Crippen LogP contribution in [0.1, 0.15) is 22.7 Å². The van der Waals surface area contributed by atoms with E-state index in [4.69, 9.17) is 23.7 Å². The molecule has 1 fully saturated rings. The largest absolute Gasteiger partial charge is 0.507 e. The predicted molar refractivity (Wildman–Crippen MR) is 140 cm³/mol. The average molecular weight is 520 g/mol. The van der Waals surface area contributed by atoms with Gasteiger partial charge < -0.3 is 33.7 Å². The van der Waals surface area contributed by atoms with Crippen LogP contribution in [0, 0.1) is 0 Å². The number of methoxy groups -OCH3 is 5. The molecule has 9 nitrogen and oxygen atoms in total. The molecule has 0 aliphatic carbocycles. The normalized spacial score (nSPS) is 16.3. The maximum atomic E-state index is 13.5. The molecule has 0 radical (unpaired) electrons. The molecule has 1 aliphatic heterocycles. The number of nitrogens with zero attached hydrogens (tertiary/aromatic N) is 1. The highest BCUT2D eigenvalue weighted by molar-refractivity contribution is 6.46. The van der Waals surface area contributed by atoms with E-state index in [1.807, 2.05) is 0 Å². The van der Waals surface area contributed by atoms with Crippen molar-refractivity contribution < 1.29 is 38.4 Å². The summed E-state index contributed by atoms with van der Waals surface area (Å²) in [5.74, 6) is 0.383. The zero-order chi connectivity index (χ0) is 27.4. The van der Waals surface area contributed by atoms with Crippen molar-refractivity contribution in [3.8, 4) is 28.7 Å². The highest BCUT2D eigenvalue weighted by atomic mass is 16.5. The number of carbonyl (C=O) groups excluding carboxylic acids is 2. The third-order valence-corrected chi connectivity index (χ3v) is 6.41. The molecule has 0 aromatic heterocycles. The molecule has 0 spiro atoms. The van der Waals surface area contributed by atoms with Gasteiger partial charge in [-0.3, -0.25) is 9.59 Å². The van der Waals surface area contributed by atoms with Crippen LogP contribution in [0.2, 0.25) is 0 Å². The minimum absolute atomic E-state index is 0.0683. The van der Waals surface area contributed by atoms with Gasteiger partial charge in [0.25, 0.3) is 11.7 Å². The minimum atomic E-state index is -0.908. The molecule has 0 bridgehead atoms. The topological polar surface area (TPSA) is 104 Å². The quantitative estimate of drug-likeness (QED) is 0.253. The number of hydrogen-bond acceptors (Lipinski definition) is 8. The van der Waals surface area contributed by atoms with Crippen molar-refractivity contribution >= 4 is 17.4 Å². The Kier molecular flexibility index (Phi) is 7.76. The number of amides is 1. The van der Waals surface area contributed by atoms with Crippen molar-refractivity contribution in [2.45, 2.75) is 12.6 Å². The number of rotatable bonds is 9. The molecule has 1 atom stereocenters. The maximum absolute atomic E-state index is 13.5. The molecule has 0 saturated carbocycles. The highest BCUT2D eigenvalue weighted by Gasteiger charge is 2.46. The summed E-state index contributed by atoms with van der Waals surface area (Å²) in [6.45, 7) is 0.0683. The molecule has 3 aromatic carbocycles. The summed E-state index contributed by atoms with van der Waals surface area (Å²) in [5, 5.41) is 11.5. The number of ketones is 1. The molecule has 9 heteroatoms. The molecule has 1 N–H and O–H groups in total. The van der Waals surface area contributed by atoms with Gasteiger partial charge in [0.05, 0.1) is 52.7 Å². The second-order valence-corrected chi connectivity index (χ2v) is 8.46. The van der Waals surface area contributed by atoms with Crippen LogP contribution < -0.4 is 23.7 Å². The number of hydrogen-bond donors (Lipinski definition) is 1. The van der Waals surface area contributed by atoms with Gasteiger partial charge in [0.2, 0.25) is 0 Å². The van der Waals surface area contributed by atoms with E-state index in [9.17, 15) is 14.7 Å². The van der Waals surface area contributed by atoms with E-state index >= 15 is 0 Å². The fraction of sp³-hybridized carbons (Fsp3) is 0.241. The number of benzene rings is 3. The Morgan fingerprint density at radius 1 is 0.763 bits per heavy atom. The minimum Gasteiger partial charge on any atom is -0.507 e. The zero-order valence-corrected chi connectivity index (χ0v) is 21.8. The van der Waals surface area contributed by atoms with Gasteiger partial charge in [-0.05, 0) is 53.6 Å². The monoisotopic (exact) mass is 519 g/mol. The second-order valence-electron chi connectivity index (χ2n) is 8.46. The molecular formula is C29H29NO8. The number of ether oxygens (including phenoxy) is 5. The lowest BCUT2D eigenvalue weighted by atomic mass is 9.94. The number of carbonyl (C=O) groups is 2. The van der Waals surface area contributed by atoms with Crippen LogP contribution in [0.15, 0.2) is 66.2 Å². The predicted octanol–water partition coefficient (Wildman–Crippen LogP) is 4.35. The van der Waals surface area contributed by atoms with Gasteiger partial charge in [-0.2, -0.15) is 0 Å². The first-order valence-corrected chi connectivity index (χ1v) is 11.7. The number of aliphatic hydroxyl groups is 1. The Bertz CT molecular complexity index is 1400. The van der Waals surface area contributed by atoms with Gasteiger partial charge in [-0.15, -0.1) is 0 Å². The summed E-state index contributed by atoms with van der Waals surface area (Å²) in [6.07, 6.45) is 0.